The van der Waals surface area contributed by atoms with Gasteiger partial charge >= 0.3 is 0 Å². The minimum Gasteiger partial charge on any atom is -0.398 e. The van der Waals surface area contributed by atoms with Gasteiger partial charge in [0.05, 0.1) is 0 Å². The fraction of sp³-hybridized carbons (Fsp3) is 0. The molecule has 3 heteroatoms. The zero-order chi connectivity index (χ0) is 23.3. The van der Waals surface area contributed by atoms with Crippen LogP contribution in [0.3, 0.4) is 0 Å². The average molecular weight is 441 g/mol. The van der Waals surface area contributed by atoms with Gasteiger partial charge in [0.25, 0.3) is 0 Å². The second kappa shape index (κ2) is 9.47. The molecule has 0 aliphatic heterocycles. The molecular formula is C31H24N2O. The molecule has 0 spiro atoms. The van der Waals surface area contributed by atoms with Gasteiger partial charge in [-0.2, -0.15) is 0 Å². The Labute approximate surface area is 199 Å². The predicted octanol–water partition coefficient (Wildman–Crippen LogP) is 7.89. The van der Waals surface area contributed by atoms with Gasteiger partial charge in [0.15, 0.2) is 6.29 Å². The number of para-hydroxylation sites is 2. The number of anilines is 4. The molecule has 0 aromatic heterocycles. The molecule has 0 bridgehead atoms. The zero-order valence-electron chi connectivity index (χ0n) is 18.6. The van der Waals surface area contributed by atoms with Gasteiger partial charge in [-0.15, -0.1) is 0 Å². The van der Waals surface area contributed by atoms with E-state index in [4.69, 9.17) is 5.73 Å². The van der Waals surface area contributed by atoms with Crippen LogP contribution in [0.25, 0.3) is 22.3 Å². The maximum atomic E-state index is 11.2. The van der Waals surface area contributed by atoms with E-state index in [0.29, 0.717) is 11.3 Å². The molecule has 0 unspecified atom stereocenters. The Morgan fingerprint density at radius 1 is 0.529 bits per heavy atom. The molecule has 34 heavy (non-hydrogen) atoms. The van der Waals surface area contributed by atoms with E-state index in [9.17, 15) is 4.79 Å². The van der Waals surface area contributed by atoms with Crippen molar-refractivity contribution in [1.29, 1.82) is 0 Å². The Morgan fingerprint density at radius 3 is 1.53 bits per heavy atom. The molecule has 3 nitrogen and oxygen atoms in total. The Balaban J connectivity index is 1.55. The summed E-state index contributed by atoms with van der Waals surface area (Å²) in [7, 11) is 0. The third-order valence-corrected chi connectivity index (χ3v) is 5.92. The smallest absolute Gasteiger partial charge is 0.152 e. The van der Waals surface area contributed by atoms with Gasteiger partial charge in [-0.1, -0.05) is 78.9 Å². The lowest BCUT2D eigenvalue weighted by Crippen LogP contribution is -2.09. The van der Waals surface area contributed by atoms with E-state index in [-0.39, 0.29) is 0 Å². The highest BCUT2D eigenvalue weighted by molar-refractivity contribution is 5.89. The molecular weight excluding hydrogens is 416 g/mol. The first-order valence-corrected chi connectivity index (χ1v) is 11.2. The first kappa shape index (κ1) is 21.2. The highest BCUT2D eigenvalue weighted by Gasteiger charge is 2.13. The molecule has 0 amide bonds. The van der Waals surface area contributed by atoms with Gasteiger partial charge in [-0.3, -0.25) is 4.79 Å². The van der Waals surface area contributed by atoms with E-state index in [1.807, 2.05) is 36.4 Å². The summed E-state index contributed by atoms with van der Waals surface area (Å²) in [5, 5.41) is 0. The minimum atomic E-state index is 0.485. The third kappa shape index (κ3) is 4.19. The fourth-order valence-corrected chi connectivity index (χ4v) is 4.23. The number of hydrogen-bond acceptors (Lipinski definition) is 3. The van der Waals surface area contributed by atoms with Crippen molar-refractivity contribution in [3.8, 4) is 22.3 Å². The van der Waals surface area contributed by atoms with Crippen LogP contribution >= 0.6 is 0 Å². The number of benzene rings is 5. The van der Waals surface area contributed by atoms with Crippen LogP contribution in [-0.2, 0) is 0 Å². The molecule has 2 N–H and O–H groups in total. The van der Waals surface area contributed by atoms with Crippen LogP contribution in [0, 0.1) is 0 Å². The summed E-state index contributed by atoms with van der Waals surface area (Å²) in [5.41, 5.74) is 14.6. The summed E-state index contributed by atoms with van der Waals surface area (Å²) in [5.74, 6) is 0. The van der Waals surface area contributed by atoms with Crippen LogP contribution in [0.1, 0.15) is 10.4 Å². The van der Waals surface area contributed by atoms with E-state index in [2.05, 4.69) is 89.8 Å². The van der Waals surface area contributed by atoms with Gasteiger partial charge in [-0.25, -0.2) is 0 Å². The lowest BCUT2D eigenvalue weighted by atomic mass is 9.93. The highest BCUT2D eigenvalue weighted by Crippen LogP contribution is 2.37. The van der Waals surface area contributed by atoms with Crippen LogP contribution in [0.15, 0.2) is 127 Å². The Bertz CT molecular complexity index is 1370. The molecule has 0 atom stereocenters. The first-order chi connectivity index (χ1) is 16.7. The van der Waals surface area contributed by atoms with Crippen molar-refractivity contribution >= 4 is 29.0 Å². The van der Waals surface area contributed by atoms with Gasteiger partial charge in [0.1, 0.15) is 0 Å². The Morgan fingerprint density at radius 2 is 1.00 bits per heavy atom. The van der Waals surface area contributed by atoms with Crippen molar-refractivity contribution < 1.29 is 4.79 Å². The lowest BCUT2D eigenvalue weighted by molar-refractivity contribution is 0.112. The van der Waals surface area contributed by atoms with Crippen molar-refractivity contribution in [2.45, 2.75) is 0 Å². The first-order valence-electron chi connectivity index (χ1n) is 11.2. The van der Waals surface area contributed by atoms with Crippen LogP contribution in [-0.4, -0.2) is 6.29 Å². The van der Waals surface area contributed by atoms with Gasteiger partial charge in [0.2, 0.25) is 0 Å². The van der Waals surface area contributed by atoms with Crippen molar-refractivity contribution in [2.75, 3.05) is 10.6 Å². The van der Waals surface area contributed by atoms with Crippen molar-refractivity contribution in [3.63, 3.8) is 0 Å². The van der Waals surface area contributed by atoms with Crippen molar-refractivity contribution in [2.24, 2.45) is 0 Å². The number of nitrogen functional groups attached to an aromatic ring is 1. The number of nitrogens with zero attached hydrogens (tertiary/aromatic N) is 1. The van der Waals surface area contributed by atoms with E-state index < -0.39 is 0 Å². The molecule has 0 heterocycles. The topological polar surface area (TPSA) is 46.3 Å². The lowest BCUT2D eigenvalue weighted by Gasteiger charge is -2.25. The van der Waals surface area contributed by atoms with E-state index in [0.717, 1.165) is 45.6 Å². The molecule has 0 fully saturated rings. The maximum Gasteiger partial charge on any atom is 0.152 e. The summed E-state index contributed by atoms with van der Waals surface area (Å²) >= 11 is 0. The molecule has 0 aliphatic carbocycles. The summed E-state index contributed by atoms with van der Waals surface area (Å²) in [6.07, 6.45) is 0.787. The number of carbonyl (C=O) groups is 1. The summed E-state index contributed by atoms with van der Waals surface area (Å²) < 4.78 is 0. The van der Waals surface area contributed by atoms with Crippen LogP contribution < -0.4 is 10.6 Å². The molecule has 0 aliphatic rings. The van der Waals surface area contributed by atoms with Crippen LogP contribution in [0.2, 0.25) is 0 Å². The largest absolute Gasteiger partial charge is 0.398 e. The molecule has 5 aromatic rings. The molecule has 0 saturated carbocycles. The molecule has 5 rings (SSSR count). The SMILES string of the molecule is Nc1cc(-c2ccccc2-c2ccc(N(c3ccccc3)c3ccccc3)cc2)ccc1C=O. The monoisotopic (exact) mass is 440 g/mol. The Kier molecular flexibility index (Phi) is 5.91. The summed E-state index contributed by atoms with van der Waals surface area (Å²) in [4.78, 5) is 13.4. The normalized spacial score (nSPS) is 10.6. The quantitative estimate of drug-likeness (QED) is 0.216. The van der Waals surface area contributed by atoms with Gasteiger partial charge in [-0.05, 0) is 70.8 Å². The standard InChI is InChI=1S/C31H24N2O/c32-31-21-24(15-16-25(31)22-34)30-14-8-7-13-29(30)23-17-19-28(20-18-23)33(26-9-3-1-4-10-26)27-11-5-2-6-12-27/h1-22H,32H2. The van der Waals surface area contributed by atoms with Crippen LogP contribution in [0.5, 0.6) is 0 Å². The molecule has 0 radical (unpaired) electrons. The number of rotatable bonds is 6. The number of hydrogen-bond donors (Lipinski definition) is 1. The van der Waals surface area contributed by atoms with Gasteiger partial charge in [0, 0.05) is 28.3 Å². The fourth-order valence-electron chi connectivity index (χ4n) is 4.23. The number of nitrogens with two attached hydrogens (primary N) is 1. The highest BCUT2D eigenvalue weighted by atomic mass is 16.1. The minimum absolute atomic E-state index is 0.485. The second-order valence-corrected chi connectivity index (χ2v) is 8.06. The van der Waals surface area contributed by atoms with Crippen LogP contribution in [0.4, 0.5) is 22.7 Å². The van der Waals surface area contributed by atoms with Crippen molar-refractivity contribution in [3.05, 3.63) is 133 Å². The average Bonchev–Trinajstić information content (AvgIpc) is 2.90. The Hall–Kier alpha value is -4.63. The number of aldehydes is 1. The summed E-state index contributed by atoms with van der Waals surface area (Å²) in [6, 6.07) is 43.2. The predicted molar refractivity (Wildman–Crippen MR) is 142 cm³/mol. The molecule has 0 saturated heterocycles. The zero-order valence-corrected chi connectivity index (χ0v) is 18.6. The molecule has 5 aromatic carbocycles. The van der Waals surface area contributed by atoms with Crippen molar-refractivity contribution in [1.82, 2.24) is 0 Å². The summed E-state index contributed by atoms with van der Waals surface area (Å²) in [6.45, 7) is 0. The third-order valence-electron chi connectivity index (χ3n) is 5.92. The number of carbonyl (C=O) groups excluding carboxylic acids is 1. The van der Waals surface area contributed by atoms with Gasteiger partial charge < -0.3 is 10.6 Å². The van der Waals surface area contributed by atoms with E-state index >= 15 is 0 Å². The molecule has 164 valence electrons. The van der Waals surface area contributed by atoms with E-state index in [1.165, 1.54) is 0 Å². The maximum absolute atomic E-state index is 11.2. The second-order valence-electron chi connectivity index (χ2n) is 8.06. The van der Waals surface area contributed by atoms with E-state index in [1.54, 1.807) is 6.07 Å².